The summed E-state index contributed by atoms with van der Waals surface area (Å²) in [6.45, 7) is 2.80. The zero-order valence-electron chi connectivity index (χ0n) is 13.8. The molecule has 0 aliphatic carbocycles. The maximum Gasteiger partial charge on any atom is 0.323 e. The summed E-state index contributed by atoms with van der Waals surface area (Å²) in [5, 5.41) is 8.45. The molecule has 3 nitrogen and oxygen atoms in total. The molecule has 0 saturated carbocycles. The molecule has 0 bridgehead atoms. The van der Waals surface area contributed by atoms with Crippen LogP contribution in [0.2, 0.25) is 0 Å². The number of carbonyl (C=O) groups excluding carboxylic acids is 1. The van der Waals surface area contributed by atoms with Gasteiger partial charge in [-0.1, -0.05) is 37.3 Å². The van der Waals surface area contributed by atoms with Gasteiger partial charge in [0.2, 0.25) is 0 Å². The van der Waals surface area contributed by atoms with Crippen molar-refractivity contribution >= 4 is 17.7 Å². The molecule has 138 valence electrons. The van der Waals surface area contributed by atoms with Crippen LogP contribution < -0.4 is 0 Å². The number of alkyl halides is 4. The third kappa shape index (κ3) is 4.00. The van der Waals surface area contributed by atoms with Crippen LogP contribution in [0.1, 0.15) is 19.4 Å². The minimum atomic E-state index is -4.37. The lowest BCUT2D eigenvalue weighted by molar-refractivity contribution is -0.144. The van der Waals surface area contributed by atoms with E-state index in [1.807, 2.05) is 0 Å². The van der Waals surface area contributed by atoms with E-state index in [9.17, 15) is 27.5 Å². The van der Waals surface area contributed by atoms with Gasteiger partial charge in [-0.15, -0.1) is 11.8 Å². The fourth-order valence-electron chi connectivity index (χ4n) is 2.67. The molecule has 2 atom stereocenters. The predicted molar refractivity (Wildman–Crippen MR) is 88.6 cm³/mol. The Morgan fingerprint density at radius 1 is 1.28 bits per heavy atom. The molecule has 2 unspecified atom stereocenters. The summed E-state index contributed by atoms with van der Waals surface area (Å²) in [7, 11) is 0. The third-order valence-electron chi connectivity index (χ3n) is 3.91. The normalized spacial score (nSPS) is 22.5. The highest BCUT2D eigenvalue weighted by Crippen LogP contribution is 2.43. The molecular formula is C17H19F4NO2S. The Morgan fingerprint density at radius 3 is 2.40 bits per heavy atom. The van der Waals surface area contributed by atoms with Gasteiger partial charge in [0, 0.05) is 12.1 Å². The lowest BCUT2D eigenvalue weighted by Crippen LogP contribution is -2.45. The van der Waals surface area contributed by atoms with E-state index < -0.39 is 34.8 Å². The van der Waals surface area contributed by atoms with Gasteiger partial charge in [-0.2, -0.15) is 8.78 Å². The Hall–Kier alpha value is -1.54. The molecule has 1 aliphatic rings. The molecule has 1 aromatic carbocycles. The highest BCUT2D eigenvalue weighted by Gasteiger charge is 2.55. The van der Waals surface area contributed by atoms with Crippen LogP contribution in [0.5, 0.6) is 0 Å². The molecule has 0 fully saturated rings. The van der Waals surface area contributed by atoms with E-state index in [1.165, 1.54) is 6.92 Å². The largest absolute Gasteiger partial charge is 0.367 e. The molecule has 25 heavy (non-hydrogen) atoms. The minimum Gasteiger partial charge on any atom is -0.367 e. The summed E-state index contributed by atoms with van der Waals surface area (Å²) in [4.78, 5) is 13.6. The molecule has 0 radical (unpaired) electrons. The predicted octanol–water partition coefficient (Wildman–Crippen LogP) is 3.69. The second-order valence-corrected chi connectivity index (χ2v) is 7.26. The topological polar surface area (TPSA) is 40.5 Å². The van der Waals surface area contributed by atoms with Crippen LogP contribution in [-0.2, 0) is 11.3 Å². The maximum atomic E-state index is 14.0. The summed E-state index contributed by atoms with van der Waals surface area (Å²) in [5.41, 5.74) is -1.63. The number of hydrogen-bond acceptors (Lipinski definition) is 3. The van der Waals surface area contributed by atoms with E-state index in [4.69, 9.17) is 0 Å². The Morgan fingerprint density at radius 2 is 1.88 bits per heavy atom. The fraction of sp³-hybridized carbons (Fsp3) is 0.471. The van der Waals surface area contributed by atoms with Gasteiger partial charge in [0.25, 0.3) is 5.91 Å². The van der Waals surface area contributed by atoms with Crippen LogP contribution in [0.4, 0.5) is 17.6 Å². The van der Waals surface area contributed by atoms with Crippen molar-refractivity contribution < 1.29 is 27.5 Å². The average molecular weight is 377 g/mol. The molecular weight excluding hydrogens is 358 g/mol. The smallest absolute Gasteiger partial charge is 0.323 e. The molecule has 2 rings (SSSR count). The SMILES string of the molecule is CCSC(C1=CC(C)(O)N(Cc2ccccc2)C1=O)C(F)(F)C(F)F. The summed E-state index contributed by atoms with van der Waals surface area (Å²) in [6, 6.07) is 8.67. The van der Waals surface area contributed by atoms with Crippen molar-refractivity contribution in [1.82, 2.24) is 4.90 Å². The van der Waals surface area contributed by atoms with Crippen LogP contribution in [0.15, 0.2) is 42.0 Å². The first-order valence-electron chi connectivity index (χ1n) is 7.69. The highest BCUT2D eigenvalue weighted by atomic mass is 32.2. The standard InChI is InChI=1S/C17H19F4NO2S/c1-3-25-13(17(20,21)15(18)19)12-9-16(2,24)22(14(12)23)10-11-7-5-4-6-8-11/h4-9,13,15,24H,3,10H2,1-2H3. The lowest BCUT2D eigenvalue weighted by Gasteiger charge is -2.30. The minimum absolute atomic E-state index is 0.0174. The molecule has 0 saturated heterocycles. The van der Waals surface area contributed by atoms with Gasteiger partial charge in [0.15, 0.2) is 5.72 Å². The van der Waals surface area contributed by atoms with Crippen LogP contribution in [0, 0.1) is 0 Å². The first-order chi connectivity index (χ1) is 11.6. The van der Waals surface area contributed by atoms with Crippen molar-refractivity contribution in [2.45, 2.75) is 43.7 Å². The number of halogens is 4. The van der Waals surface area contributed by atoms with Gasteiger partial charge < -0.3 is 10.0 Å². The number of rotatable bonds is 7. The number of hydrogen-bond donors (Lipinski definition) is 1. The van der Waals surface area contributed by atoms with E-state index >= 15 is 0 Å². The molecule has 0 aromatic heterocycles. The number of benzene rings is 1. The van der Waals surface area contributed by atoms with E-state index in [0.29, 0.717) is 17.3 Å². The van der Waals surface area contributed by atoms with Crippen molar-refractivity contribution in [2.24, 2.45) is 0 Å². The summed E-state index contributed by atoms with van der Waals surface area (Å²) in [5.74, 6) is -5.11. The molecule has 0 spiro atoms. The molecule has 8 heteroatoms. The van der Waals surface area contributed by atoms with Crippen molar-refractivity contribution in [3.8, 4) is 0 Å². The molecule has 1 heterocycles. The van der Waals surface area contributed by atoms with Crippen LogP contribution >= 0.6 is 11.8 Å². The average Bonchev–Trinajstić information content (AvgIpc) is 2.76. The molecule has 1 aromatic rings. The van der Waals surface area contributed by atoms with E-state index in [-0.39, 0.29) is 12.3 Å². The highest BCUT2D eigenvalue weighted by molar-refractivity contribution is 8.00. The number of carbonyl (C=O) groups is 1. The molecule has 1 N–H and O–H groups in total. The Kier molecular flexibility index (Phi) is 5.83. The Bertz CT molecular complexity index is 649. The lowest BCUT2D eigenvalue weighted by atomic mass is 10.1. The molecule has 1 amide bonds. The quantitative estimate of drug-likeness (QED) is 0.737. The van der Waals surface area contributed by atoms with Crippen LogP contribution in [0.3, 0.4) is 0 Å². The first kappa shape index (κ1) is 19.8. The van der Waals surface area contributed by atoms with E-state index in [1.54, 1.807) is 37.3 Å². The Balaban J connectivity index is 2.34. The monoisotopic (exact) mass is 377 g/mol. The van der Waals surface area contributed by atoms with Gasteiger partial charge in [-0.25, -0.2) is 8.78 Å². The number of thioether (sulfide) groups is 1. The van der Waals surface area contributed by atoms with Crippen molar-refractivity contribution in [1.29, 1.82) is 0 Å². The fourth-order valence-corrected chi connectivity index (χ4v) is 3.68. The van der Waals surface area contributed by atoms with Crippen molar-refractivity contribution in [3.63, 3.8) is 0 Å². The van der Waals surface area contributed by atoms with Gasteiger partial charge in [-0.3, -0.25) is 4.79 Å². The number of aliphatic hydroxyl groups is 1. The second kappa shape index (κ2) is 7.37. The van der Waals surface area contributed by atoms with Gasteiger partial charge in [0.1, 0.15) is 5.25 Å². The number of nitrogens with zero attached hydrogens (tertiary/aromatic N) is 1. The van der Waals surface area contributed by atoms with Crippen LogP contribution in [0.25, 0.3) is 0 Å². The third-order valence-corrected chi connectivity index (χ3v) is 5.14. The van der Waals surface area contributed by atoms with Crippen molar-refractivity contribution in [3.05, 3.63) is 47.5 Å². The Labute approximate surface area is 147 Å². The van der Waals surface area contributed by atoms with Gasteiger partial charge in [0.05, 0.1) is 0 Å². The van der Waals surface area contributed by atoms with E-state index in [0.717, 1.165) is 11.0 Å². The summed E-state index contributed by atoms with van der Waals surface area (Å²) < 4.78 is 53.6. The zero-order chi connectivity index (χ0) is 18.8. The molecule has 1 aliphatic heterocycles. The zero-order valence-corrected chi connectivity index (χ0v) is 14.6. The van der Waals surface area contributed by atoms with E-state index in [2.05, 4.69) is 0 Å². The van der Waals surface area contributed by atoms with Gasteiger partial charge >= 0.3 is 12.3 Å². The second-order valence-electron chi connectivity index (χ2n) is 5.88. The maximum absolute atomic E-state index is 14.0. The number of amides is 1. The summed E-state index contributed by atoms with van der Waals surface area (Å²) >= 11 is 0.565. The first-order valence-corrected chi connectivity index (χ1v) is 8.74. The van der Waals surface area contributed by atoms with Crippen LogP contribution in [-0.4, -0.2) is 45.0 Å². The summed E-state index contributed by atoms with van der Waals surface area (Å²) in [6.07, 6.45) is -2.94. The van der Waals surface area contributed by atoms with Gasteiger partial charge in [-0.05, 0) is 24.3 Å². The van der Waals surface area contributed by atoms with Crippen molar-refractivity contribution in [2.75, 3.05) is 5.75 Å².